The van der Waals surface area contributed by atoms with Crippen LogP contribution in [0.15, 0.2) is 18.2 Å². The third kappa shape index (κ3) is 3.66. The Balaban J connectivity index is 2.23. The zero-order valence-electron chi connectivity index (χ0n) is 11.8. The number of rotatable bonds is 4. The van der Waals surface area contributed by atoms with Gasteiger partial charge in [0.15, 0.2) is 0 Å². The summed E-state index contributed by atoms with van der Waals surface area (Å²) in [6.45, 7) is 3.66. The van der Waals surface area contributed by atoms with Gasteiger partial charge in [0.25, 0.3) is 5.69 Å². The van der Waals surface area contributed by atoms with Crippen molar-refractivity contribution in [2.24, 2.45) is 5.73 Å². The molecule has 1 aromatic rings. The zero-order chi connectivity index (χ0) is 16.3. The maximum Gasteiger partial charge on any atom is 0.416 e. The minimum Gasteiger partial charge on any atom is -0.363 e. The van der Waals surface area contributed by atoms with Crippen molar-refractivity contribution >= 4 is 11.4 Å². The highest BCUT2D eigenvalue weighted by Gasteiger charge is 2.34. The molecule has 2 N–H and O–H groups in total. The molecule has 0 aromatic heterocycles. The van der Waals surface area contributed by atoms with E-state index in [4.69, 9.17) is 5.73 Å². The van der Waals surface area contributed by atoms with Crippen LogP contribution in [0.2, 0.25) is 0 Å². The van der Waals surface area contributed by atoms with Gasteiger partial charge in [0.1, 0.15) is 5.69 Å². The van der Waals surface area contributed by atoms with Gasteiger partial charge in [0.2, 0.25) is 0 Å². The largest absolute Gasteiger partial charge is 0.416 e. The minimum atomic E-state index is -4.59. The molecule has 0 saturated carbocycles. The number of benzene rings is 1. The average molecular weight is 318 g/mol. The Bertz CT molecular complexity index is 543. The summed E-state index contributed by atoms with van der Waals surface area (Å²) < 4.78 is 38.1. The highest BCUT2D eigenvalue weighted by molar-refractivity contribution is 5.65. The number of nitro groups is 1. The number of nitrogens with two attached hydrogens (primary N) is 1. The van der Waals surface area contributed by atoms with Gasteiger partial charge in [-0.15, -0.1) is 0 Å². The van der Waals surface area contributed by atoms with E-state index in [1.165, 1.54) is 6.07 Å². The fraction of sp³-hybridized carbons (Fsp3) is 0.538. The molecular weight excluding hydrogens is 301 g/mol. The maximum absolute atomic E-state index is 12.7. The van der Waals surface area contributed by atoms with Crippen molar-refractivity contribution in [1.82, 2.24) is 4.90 Å². The molecule has 0 radical (unpaired) electrons. The van der Waals surface area contributed by atoms with Gasteiger partial charge < -0.3 is 10.6 Å². The molecule has 0 spiro atoms. The second-order valence-electron chi connectivity index (χ2n) is 5.08. The smallest absolute Gasteiger partial charge is 0.363 e. The van der Waals surface area contributed by atoms with Gasteiger partial charge in [0, 0.05) is 45.3 Å². The SMILES string of the molecule is NCCN1CCN(c2ccc(C(F)(F)F)cc2[N+](=O)[O-])CC1. The summed E-state index contributed by atoms with van der Waals surface area (Å²) in [5.41, 5.74) is 4.18. The number of hydrogen-bond acceptors (Lipinski definition) is 5. The van der Waals surface area contributed by atoms with Gasteiger partial charge in [-0.05, 0) is 12.1 Å². The third-order valence-electron chi connectivity index (χ3n) is 3.66. The van der Waals surface area contributed by atoms with Crippen LogP contribution in [0.25, 0.3) is 0 Å². The first-order valence-electron chi connectivity index (χ1n) is 6.86. The lowest BCUT2D eigenvalue weighted by Crippen LogP contribution is -2.47. The van der Waals surface area contributed by atoms with Gasteiger partial charge in [-0.3, -0.25) is 15.0 Å². The first-order valence-corrected chi connectivity index (χ1v) is 6.86. The van der Waals surface area contributed by atoms with Crippen LogP contribution in [-0.4, -0.2) is 49.1 Å². The van der Waals surface area contributed by atoms with Crippen LogP contribution in [0.5, 0.6) is 0 Å². The third-order valence-corrected chi connectivity index (χ3v) is 3.66. The van der Waals surface area contributed by atoms with E-state index >= 15 is 0 Å². The quantitative estimate of drug-likeness (QED) is 0.675. The summed E-state index contributed by atoms with van der Waals surface area (Å²) in [5.74, 6) is 0. The van der Waals surface area contributed by atoms with E-state index in [1.54, 1.807) is 4.90 Å². The first-order chi connectivity index (χ1) is 10.3. The van der Waals surface area contributed by atoms with Gasteiger partial charge in [-0.25, -0.2) is 0 Å². The number of alkyl halides is 3. The Morgan fingerprint density at radius 3 is 2.36 bits per heavy atom. The van der Waals surface area contributed by atoms with Crippen LogP contribution in [0.3, 0.4) is 0 Å². The second kappa shape index (κ2) is 6.49. The molecule has 1 aromatic carbocycles. The Labute approximate surface area is 125 Å². The van der Waals surface area contributed by atoms with E-state index in [0.29, 0.717) is 38.8 Å². The van der Waals surface area contributed by atoms with Crippen molar-refractivity contribution in [1.29, 1.82) is 0 Å². The van der Waals surface area contributed by atoms with Crippen molar-refractivity contribution in [3.63, 3.8) is 0 Å². The van der Waals surface area contributed by atoms with Gasteiger partial charge >= 0.3 is 6.18 Å². The predicted molar refractivity (Wildman–Crippen MR) is 75.8 cm³/mol. The fourth-order valence-corrected chi connectivity index (χ4v) is 2.51. The van der Waals surface area contributed by atoms with Crippen molar-refractivity contribution < 1.29 is 18.1 Å². The molecule has 1 fully saturated rings. The molecular formula is C13H17F3N4O2. The Morgan fingerprint density at radius 2 is 1.86 bits per heavy atom. The molecule has 0 aliphatic carbocycles. The van der Waals surface area contributed by atoms with Crippen molar-refractivity contribution in [3.8, 4) is 0 Å². The molecule has 2 rings (SSSR count). The zero-order valence-corrected chi connectivity index (χ0v) is 11.8. The van der Waals surface area contributed by atoms with E-state index in [2.05, 4.69) is 4.90 Å². The summed E-state index contributed by atoms with van der Waals surface area (Å²) in [5, 5.41) is 11.1. The van der Waals surface area contributed by atoms with E-state index < -0.39 is 22.4 Å². The molecule has 9 heteroatoms. The van der Waals surface area contributed by atoms with Crippen LogP contribution in [-0.2, 0) is 6.18 Å². The lowest BCUT2D eigenvalue weighted by atomic mass is 10.1. The number of hydrogen-bond donors (Lipinski definition) is 1. The van der Waals surface area contributed by atoms with Crippen LogP contribution in [0.1, 0.15) is 5.56 Å². The fourth-order valence-electron chi connectivity index (χ4n) is 2.51. The summed E-state index contributed by atoms with van der Waals surface area (Å²) in [6, 6.07) is 2.66. The molecule has 1 aliphatic rings. The van der Waals surface area contributed by atoms with Crippen molar-refractivity contribution in [3.05, 3.63) is 33.9 Å². The van der Waals surface area contributed by atoms with E-state index in [1.807, 2.05) is 0 Å². The number of halogens is 3. The van der Waals surface area contributed by atoms with Crippen LogP contribution in [0.4, 0.5) is 24.5 Å². The Hall–Kier alpha value is -1.87. The van der Waals surface area contributed by atoms with Crippen LogP contribution >= 0.6 is 0 Å². The summed E-state index contributed by atoms with van der Waals surface area (Å²) in [4.78, 5) is 14.2. The van der Waals surface area contributed by atoms with Crippen molar-refractivity contribution in [2.75, 3.05) is 44.2 Å². The second-order valence-corrected chi connectivity index (χ2v) is 5.08. The topological polar surface area (TPSA) is 75.6 Å². The monoisotopic (exact) mass is 318 g/mol. The van der Waals surface area contributed by atoms with Gasteiger partial charge in [-0.1, -0.05) is 0 Å². The Morgan fingerprint density at radius 1 is 1.23 bits per heavy atom. The molecule has 6 nitrogen and oxygen atoms in total. The highest BCUT2D eigenvalue weighted by Crippen LogP contribution is 2.36. The minimum absolute atomic E-state index is 0.227. The number of nitrogens with zero attached hydrogens (tertiary/aromatic N) is 3. The molecule has 0 amide bonds. The molecule has 22 heavy (non-hydrogen) atoms. The molecule has 122 valence electrons. The maximum atomic E-state index is 12.7. The molecule has 0 atom stereocenters. The van der Waals surface area contributed by atoms with E-state index in [0.717, 1.165) is 12.6 Å². The molecule has 0 bridgehead atoms. The number of nitro benzene ring substituents is 1. The molecule has 1 aliphatic heterocycles. The summed E-state index contributed by atoms with van der Waals surface area (Å²) >= 11 is 0. The predicted octanol–water partition coefficient (Wildman–Crippen LogP) is 1.69. The average Bonchev–Trinajstić information content (AvgIpc) is 2.47. The van der Waals surface area contributed by atoms with Gasteiger partial charge in [0.05, 0.1) is 10.5 Å². The summed E-state index contributed by atoms with van der Waals surface area (Å²) in [7, 11) is 0. The first kappa shape index (κ1) is 16.5. The van der Waals surface area contributed by atoms with Gasteiger partial charge in [-0.2, -0.15) is 13.2 Å². The van der Waals surface area contributed by atoms with E-state index in [-0.39, 0.29) is 5.69 Å². The van der Waals surface area contributed by atoms with Crippen molar-refractivity contribution in [2.45, 2.75) is 6.18 Å². The van der Waals surface area contributed by atoms with Crippen LogP contribution in [0, 0.1) is 10.1 Å². The molecule has 1 heterocycles. The number of anilines is 1. The lowest BCUT2D eigenvalue weighted by Gasteiger charge is -2.35. The standard InChI is InChI=1S/C13H17F3N4O2/c14-13(15,16)10-1-2-11(12(9-10)20(21)22)19-7-5-18(4-3-17)6-8-19/h1-2,9H,3-8,17H2. The summed E-state index contributed by atoms with van der Waals surface area (Å²) in [6.07, 6.45) is -4.59. The lowest BCUT2D eigenvalue weighted by molar-refractivity contribution is -0.384. The van der Waals surface area contributed by atoms with E-state index in [9.17, 15) is 23.3 Å². The highest BCUT2D eigenvalue weighted by atomic mass is 19.4. The molecule has 0 unspecified atom stereocenters. The van der Waals surface area contributed by atoms with Crippen LogP contribution < -0.4 is 10.6 Å². The number of piperazine rings is 1. The Kier molecular flexibility index (Phi) is 4.87. The normalized spacial score (nSPS) is 16.8. The molecule has 1 saturated heterocycles.